The van der Waals surface area contributed by atoms with Crippen LogP contribution in [0, 0.1) is 5.92 Å². The molecule has 0 unspecified atom stereocenters. The zero-order chi connectivity index (χ0) is 6.20. The van der Waals surface area contributed by atoms with Crippen LogP contribution in [0.4, 0.5) is 8.78 Å². The molecular weight excluding hydrogens is 112 g/mol. The van der Waals surface area contributed by atoms with Crippen molar-refractivity contribution < 1.29 is 8.78 Å². The van der Waals surface area contributed by atoms with E-state index in [1.165, 1.54) is 0 Å². The second-order valence-electron chi connectivity index (χ2n) is 2.41. The Balaban J connectivity index is 2.16. The molecule has 3 heteroatoms. The van der Waals surface area contributed by atoms with Gasteiger partial charge in [0.1, 0.15) is 0 Å². The molecule has 1 nitrogen and oxygen atoms in total. The van der Waals surface area contributed by atoms with Gasteiger partial charge < -0.3 is 0 Å². The predicted octanol–water partition coefficient (Wildman–Crippen LogP) is 1.34. The highest BCUT2D eigenvalue weighted by Crippen LogP contribution is 2.36. The number of hydrogen-bond donors (Lipinski definition) is 1. The largest absolute Gasteiger partial charge is 0.300 e. The maximum absolute atomic E-state index is 11.8. The Morgan fingerprint density at radius 1 is 1.50 bits per heavy atom. The van der Waals surface area contributed by atoms with E-state index < -0.39 is 6.05 Å². The lowest BCUT2D eigenvalue weighted by Gasteiger charge is -2.06. The SMILES string of the molecule is NC(F)(F)CC1CC1. The Hall–Kier alpha value is -0.180. The van der Waals surface area contributed by atoms with E-state index in [9.17, 15) is 8.78 Å². The smallest absolute Gasteiger partial charge is 0.272 e. The van der Waals surface area contributed by atoms with Crippen LogP contribution in [0.15, 0.2) is 0 Å². The summed E-state index contributed by atoms with van der Waals surface area (Å²) in [5.74, 6) is 0.218. The third-order valence-corrected chi connectivity index (χ3v) is 1.26. The van der Waals surface area contributed by atoms with Crippen LogP contribution in [-0.4, -0.2) is 6.05 Å². The molecule has 1 aliphatic rings. The van der Waals surface area contributed by atoms with Gasteiger partial charge >= 0.3 is 0 Å². The Morgan fingerprint density at radius 3 is 2.12 bits per heavy atom. The monoisotopic (exact) mass is 121 g/mol. The molecule has 0 heterocycles. The van der Waals surface area contributed by atoms with Crippen molar-refractivity contribution in [2.75, 3.05) is 0 Å². The van der Waals surface area contributed by atoms with Crippen molar-refractivity contribution in [3.63, 3.8) is 0 Å². The molecule has 1 aliphatic carbocycles. The van der Waals surface area contributed by atoms with Gasteiger partial charge in [-0.15, -0.1) is 0 Å². The Bertz CT molecular complexity index is 82.9. The molecule has 1 saturated carbocycles. The molecule has 8 heavy (non-hydrogen) atoms. The van der Waals surface area contributed by atoms with Crippen LogP contribution >= 0.6 is 0 Å². The Kier molecular flexibility index (Phi) is 1.23. The molecule has 1 rings (SSSR count). The van der Waals surface area contributed by atoms with Crippen LogP contribution in [0.3, 0.4) is 0 Å². The van der Waals surface area contributed by atoms with Gasteiger partial charge in [-0.3, -0.25) is 5.73 Å². The summed E-state index contributed by atoms with van der Waals surface area (Å²) in [4.78, 5) is 0. The number of nitrogens with two attached hydrogens (primary N) is 1. The van der Waals surface area contributed by atoms with E-state index in [0.717, 1.165) is 12.8 Å². The van der Waals surface area contributed by atoms with E-state index in [4.69, 9.17) is 0 Å². The first kappa shape index (κ1) is 5.95. The van der Waals surface area contributed by atoms with Crippen molar-refractivity contribution in [2.24, 2.45) is 11.7 Å². The zero-order valence-corrected chi connectivity index (χ0v) is 4.53. The van der Waals surface area contributed by atoms with Gasteiger partial charge in [-0.05, 0) is 18.8 Å². The first-order chi connectivity index (χ1) is 3.58. The van der Waals surface area contributed by atoms with Crippen LogP contribution in [-0.2, 0) is 0 Å². The van der Waals surface area contributed by atoms with Crippen molar-refractivity contribution >= 4 is 0 Å². The minimum Gasteiger partial charge on any atom is -0.272 e. The maximum Gasteiger partial charge on any atom is 0.300 e. The summed E-state index contributed by atoms with van der Waals surface area (Å²) in [7, 11) is 0. The molecule has 0 atom stereocenters. The highest BCUT2D eigenvalue weighted by molar-refractivity contribution is 4.77. The predicted molar refractivity (Wildman–Crippen MR) is 26.5 cm³/mol. The highest BCUT2D eigenvalue weighted by atomic mass is 19.3. The van der Waals surface area contributed by atoms with E-state index in [-0.39, 0.29) is 12.3 Å². The summed E-state index contributed by atoms with van der Waals surface area (Å²) in [6, 6.07) is -2.92. The number of alkyl halides is 2. The van der Waals surface area contributed by atoms with E-state index in [1.807, 2.05) is 0 Å². The molecule has 1 fully saturated rings. The first-order valence-corrected chi connectivity index (χ1v) is 2.74. The lowest BCUT2D eigenvalue weighted by molar-refractivity contribution is -0.00617. The summed E-state index contributed by atoms with van der Waals surface area (Å²) >= 11 is 0. The first-order valence-electron chi connectivity index (χ1n) is 2.74. The molecule has 0 aromatic heterocycles. The summed E-state index contributed by atoms with van der Waals surface area (Å²) < 4.78 is 23.6. The van der Waals surface area contributed by atoms with E-state index in [2.05, 4.69) is 5.73 Å². The van der Waals surface area contributed by atoms with Gasteiger partial charge in [-0.1, -0.05) is 0 Å². The number of hydrogen-bond acceptors (Lipinski definition) is 1. The fraction of sp³-hybridized carbons (Fsp3) is 1.00. The van der Waals surface area contributed by atoms with Crippen LogP contribution in [0.5, 0.6) is 0 Å². The summed E-state index contributed by atoms with van der Waals surface area (Å²) in [5.41, 5.74) is 4.44. The molecule has 0 spiro atoms. The Morgan fingerprint density at radius 2 is 2.00 bits per heavy atom. The molecule has 2 N–H and O–H groups in total. The van der Waals surface area contributed by atoms with Gasteiger partial charge in [-0.25, -0.2) is 0 Å². The van der Waals surface area contributed by atoms with Crippen LogP contribution in [0.2, 0.25) is 0 Å². The average molecular weight is 121 g/mol. The second kappa shape index (κ2) is 1.65. The fourth-order valence-electron chi connectivity index (χ4n) is 0.707. The minimum absolute atomic E-state index is 0.118. The molecular formula is C5H9F2N. The summed E-state index contributed by atoms with van der Waals surface area (Å²) in [6.45, 7) is 0. The van der Waals surface area contributed by atoms with Gasteiger partial charge in [0.2, 0.25) is 0 Å². The molecule has 0 aliphatic heterocycles. The van der Waals surface area contributed by atoms with Crippen molar-refractivity contribution in [3.8, 4) is 0 Å². The lowest BCUT2D eigenvalue weighted by Crippen LogP contribution is -2.28. The highest BCUT2D eigenvalue weighted by Gasteiger charge is 2.33. The van der Waals surface area contributed by atoms with Gasteiger partial charge in [0, 0.05) is 6.42 Å². The van der Waals surface area contributed by atoms with Crippen LogP contribution < -0.4 is 5.73 Å². The Labute approximate surface area is 46.9 Å². The normalized spacial score (nSPS) is 21.4. The number of halogens is 2. The zero-order valence-electron chi connectivity index (χ0n) is 4.53. The third-order valence-electron chi connectivity index (χ3n) is 1.26. The van der Waals surface area contributed by atoms with Gasteiger partial charge in [-0.2, -0.15) is 8.78 Å². The van der Waals surface area contributed by atoms with Crippen molar-refractivity contribution in [1.29, 1.82) is 0 Å². The molecule has 0 radical (unpaired) electrons. The summed E-state index contributed by atoms with van der Waals surface area (Å²) in [6.07, 6.45) is 1.76. The fourth-order valence-corrected chi connectivity index (χ4v) is 0.707. The minimum atomic E-state index is -2.92. The van der Waals surface area contributed by atoms with Gasteiger partial charge in [0.25, 0.3) is 6.05 Å². The third kappa shape index (κ3) is 2.21. The lowest BCUT2D eigenvalue weighted by atomic mass is 10.3. The van der Waals surface area contributed by atoms with Crippen LogP contribution in [0.1, 0.15) is 19.3 Å². The quantitative estimate of drug-likeness (QED) is 0.548. The van der Waals surface area contributed by atoms with E-state index in [0.29, 0.717) is 0 Å². The molecule has 0 bridgehead atoms. The standard InChI is InChI=1S/C5H9F2N/c6-5(7,8)3-4-1-2-4/h4H,1-3,8H2. The number of rotatable bonds is 2. The van der Waals surface area contributed by atoms with E-state index >= 15 is 0 Å². The van der Waals surface area contributed by atoms with Crippen LogP contribution in [0.25, 0.3) is 0 Å². The van der Waals surface area contributed by atoms with Crippen molar-refractivity contribution in [1.82, 2.24) is 0 Å². The molecule has 0 aromatic rings. The molecule has 0 amide bonds. The van der Waals surface area contributed by atoms with Crippen molar-refractivity contribution in [3.05, 3.63) is 0 Å². The topological polar surface area (TPSA) is 26.0 Å². The van der Waals surface area contributed by atoms with E-state index in [1.54, 1.807) is 0 Å². The van der Waals surface area contributed by atoms with Crippen molar-refractivity contribution in [2.45, 2.75) is 25.3 Å². The summed E-state index contributed by atoms with van der Waals surface area (Å²) in [5, 5.41) is 0. The van der Waals surface area contributed by atoms with Gasteiger partial charge in [0.15, 0.2) is 0 Å². The molecule has 0 aromatic carbocycles. The van der Waals surface area contributed by atoms with Gasteiger partial charge in [0.05, 0.1) is 0 Å². The second-order valence-corrected chi connectivity index (χ2v) is 2.41. The average Bonchev–Trinajstić information content (AvgIpc) is 2.12. The maximum atomic E-state index is 11.8. The molecule has 0 saturated heterocycles. The molecule has 48 valence electrons.